The van der Waals surface area contributed by atoms with Gasteiger partial charge in [-0.2, -0.15) is 0 Å². The molecule has 0 atom stereocenters. The van der Waals surface area contributed by atoms with Crippen LogP contribution in [0.4, 0.5) is 0 Å². The van der Waals surface area contributed by atoms with Crippen LogP contribution in [0.15, 0.2) is 28.4 Å². The Kier molecular flexibility index (Phi) is 5.56. The Hall–Kier alpha value is -1.40. The third kappa shape index (κ3) is 3.64. The summed E-state index contributed by atoms with van der Waals surface area (Å²) in [6.07, 6.45) is 7.46. The molecule has 0 bridgehead atoms. The summed E-state index contributed by atoms with van der Waals surface area (Å²) in [5.41, 5.74) is 1.37. The average molecular weight is 409 g/mol. The minimum Gasteiger partial charge on any atom is -0.493 e. The Balaban J connectivity index is 1.87. The second-order valence-corrected chi connectivity index (χ2v) is 7.37. The first kappa shape index (κ1) is 17.4. The molecule has 2 aliphatic rings. The molecular formula is C18H21BrN2O2S. The lowest BCUT2D eigenvalue weighted by molar-refractivity contribution is -0.124. The van der Waals surface area contributed by atoms with Gasteiger partial charge in [0, 0.05) is 16.1 Å². The maximum atomic E-state index is 12.8. The van der Waals surface area contributed by atoms with Crippen molar-refractivity contribution in [1.82, 2.24) is 10.2 Å². The molecule has 1 saturated heterocycles. The summed E-state index contributed by atoms with van der Waals surface area (Å²) in [7, 11) is 0. The largest absolute Gasteiger partial charge is 0.493 e. The number of hydrogen-bond donors (Lipinski definition) is 1. The van der Waals surface area contributed by atoms with E-state index in [0.717, 1.165) is 41.5 Å². The third-order valence-corrected chi connectivity index (χ3v) is 5.21. The van der Waals surface area contributed by atoms with Crippen molar-refractivity contribution in [1.29, 1.82) is 0 Å². The van der Waals surface area contributed by atoms with Gasteiger partial charge in [-0.15, -0.1) is 0 Å². The monoisotopic (exact) mass is 408 g/mol. The van der Waals surface area contributed by atoms with Crippen molar-refractivity contribution in [2.75, 3.05) is 6.61 Å². The Morgan fingerprint density at radius 3 is 2.83 bits per heavy atom. The van der Waals surface area contributed by atoms with Crippen molar-refractivity contribution in [3.8, 4) is 5.75 Å². The normalized spacial score (nSPS) is 20.6. The molecule has 1 aliphatic carbocycles. The molecule has 6 heteroatoms. The number of carbonyl (C=O) groups is 1. The van der Waals surface area contributed by atoms with Crippen molar-refractivity contribution in [3.05, 3.63) is 33.9 Å². The van der Waals surface area contributed by atoms with Gasteiger partial charge in [0.2, 0.25) is 0 Å². The molecule has 0 spiro atoms. The number of carbonyl (C=O) groups excluding carboxylic acids is 1. The van der Waals surface area contributed by atoms with E-state index in [9.17, 15) is 4.79 Å². The predicted octanol–water partition coefficient (Wildman–Crippen LogP) is 4.24. The maximum Gasteiger partial charge on any atom is 0.276 e. The van der Waals surface area contributed by atoms with Gasteiger partial charge in [0.1, 0.15) is 11.4 Å². The van der Waals surface area contributed by atoms with Gasteiger partial charge in [-0.1, -0.05) is 35.2 Å². The lowest BCUT2D eigenvalue weighted by Gasteiger charge is -2.29. The molecule has 0 aromatic heterocycles. The fourth-order valence-electron chi connectivity index (χ4n) is 3.29. The van der Waals surface area contributed by atoms with E-state index in [-0.39, 0.29) is 11.9 Å². The number of rotatable bonds is 4. The van der Waals surface area contributed by atoms with Gasteiger partial charge in [0.15, 0.2) is 5.11 Å². The summed E-state index contributed by atoms with van der Waals surface area (Å²) in [5, 5.41) is 3.61. The third-order valence-electron chi connectivity index (χ3n) is 4.42. The minimum absolute atomic E-state index is 0.0330. The number of amides is 1. The summed E-state index contributed by atoms with van der Waals surface area (Å²) >= 11 is 8.89. The van der Waals surface area contributed by atoms with Crippen molar-refractivity contribution in [3.63, 3.8) is 0 Å². The van der Waals surface area contributed by atoms with Crippen molar-refractivity contribution in [2.45, 2.75) is 45.1 Å². The Morgan fingerprint density at radius 1 is 1.38 bits per heavy atom. The fourth-order valence-corrected chi connectivity index (χ4v) is 4.01. The first-order valence-corrected chi connectivity index (χ1v) is 9.59. The Labute approximate surface area is 156 Å². The number of nitrogens with zero attached hydrogens (tertiary/aromatic N) is 1. The summed E-state index contributed by atoms with van der Waals surface area (Å²) in [6.45, 7) is 2.52. The van der Waals surface area contributed by atoms with E-state index >= 15 is 0 Å². The van der Waals surface area contributed by atoms with Crippen LogP contribution < -0.4 is 10.1 Å². The smallest absolute Gasteiger partial charge is 0.276 e. The molecule has 1 amide bonds. The van der Waals surface area contributed by atoms with Gasteiger partial charge in [-0.25, -0.2) is 0 Å². The number of benzene rings is 1. The summed E-state index contributed by atoms with van der Waals surface area (Å²) in [4.78, 5) is 14.6. The molecule has 1 N–H and O–H groups in total. The maximum absolute atomic E-state index is 12.8. The SMILES string of the molecule is CCOc1ccc(Br)cc1/C=C1/NC(=S)N(C2CCCCC2)C1=O. The topological polar surface area (TPSA) is 41.6 Å². The molecule has 128 valence electrons. The van der Waals surface area contributed by atoms with Crippen LogP contribution in [0.3, 0.4) is 0 Å². The summed E-state index contributed by atoms with van der Waals surface area (Å²) < 4.78 is 6.60. The van der Waals surface area contributed by atoms with Crippen LogP contribution >= 0.6 is 28.1 Å². The predicted molar refractivity (Wildman–Crippen MR) is 103 cm³/mol. The highest BCUT2D eigenvalue weighted by Crippen LogP contribution is 2.29. The number of hydrogen-bond acceptors (Lipinski definition) is 3. The van der Waals surface area contributed by atoms with E-state index in [2.05, 4.69) is 21.2 Å². The lowest BCUT2D eigenvalue weighted by atomic mass is 9.94. The van der Waals surface area contributed by atoms with Crippen LogP contribution in [0.1, 0.15) is 44.6 Å². The molecule has 3 rings (SSSR count). The molecular weight excluding hydrogens is 388 g/mol. The zero-order valence-electron chi connectivity index (χ0n) is 13.7. The van der Waals surface area contributed by atoms with E-state index in [1.807, 2.05) is 31.2 Å². The zero-order chi connectivity index (χ0) is 17.1. The van der Waals surface area contributed by atoms with Crippen LogP contribution in [-0.4, -0.2) is 28.6 Å². The Morgan fingerprint density at radius 2 is 2.12 bits per heavy atom. The highest BCUT2D eigenvalue weighted by Gasteiger charge is 2.36. The van der Waals surface area contributed by atoms with Gasteiger partial charge >= 0.3 is 0 Å². The molecule has 0 unspecified atom stereocenters. The molecule has 1 aromatic rings. The van der Waals surface area contributed by atoms with Crippen LogP contribution in [0.25, 0.3) is 6.08 Å². The number of thiocarbonyl (C=S) groups is 1. The van der Waals surface area contributed by atoms with Crippen molar-refractivity contribution in [2.24, 2.45) is 0 Å². The van der Waals surface area contributed by atoms with Gasteiger partial charge in [-0.3, -0.25) is 9.69 Å². The van der Waals surface area contributed by atoms with Crippen LogP contribution in [0.5, 0.6) is 5.75 Å². The molecule has 2 fully saturated rings. The van der Waals surface area contributed by atoms with Crippen LogP contribution in [-0.2, 0) is 4.79 Å². The lowest BCUT2D eigenvalue weighted by Crippen LogP contribution is -2.41. The molecule has 4 nitrogen and oxygen atoms in total. The van der Waals surface area contributed by atoms with Crippen molar-refractivity contribution >= 4 is 45.2 Å². The Bertz CT molecular complexity index is 684. The van der Waals surface area contributed by atoms with E-state index in [1.165, 1.54) is 6.42 Å². The second kappa shape index (κ2) is 7.66. The standard InChI is InChI=1S/C18H21BrN2O2S/c1-2-23-16-9-8-13(19)10-12(16)11-15-17(22)21(18(24)20-15)14-6-4-3-5-7-14/h8-11,14H,2-7H2,1H3,(H,20,24)/b15-11+. The van der Waals surface area contributed by atoms with Gasteiger partial charge < -0.3 is 10.1 Å². The van der Waals surface area contributed by atoms with Gasteiger partial charge in [0.05, 0.1) is 6.61 Å². The van der Waals surface area contributed by atoms with Crippen molar-refractivity contribution < 1.29 is 9.53 Å². The highest BCUT2D eigenvalue weighted by atomic mass is 79.9. The average Bonchev–Trinajstić information content (AvgIpc) is 2.85. The molecule has 1 aromatic carbocycles. The summed E-state index contributed by atoms with van der Waals surface area (Å²) in [6, 6.07) is 6.00. The van der Waals surface area contributed by atoms with Gasteiger partial charge in [0.25, 0.3) is 5.91 Å². The fraction of sp³-hybridized carbons (Fsp3) is 0.444. The van der Waals surface area contributed by atoms with E-state index < -0.39 is 0 Å². The first-order chi connectivity index (χ1) is 11.6. The van der Waals surface area contributed by atoms with Gasteiger partial charge in [-0.05, 0) is 56.3 Å². The first-order valence-electron chi connectivity index (χ1n) is 8.38. The second-order valence-electron chi connectivity index (χ2n) is 6.07. The van der Waals surface area contributed by atoms with E-state index in [1.54, 1.807) is 4.90 Å². The molecule has 24 heavy (non-hydrogen) atoms. The number of ether oxygens (including phenoxy) is 1. The number of halogens is 1. The van der Waals surface area contributed by atoms with E-state index in [4.69, 9.17) is 17.0 Å². The molecule has 1 aliphatic heterocycles. The zero-order valence-corrected chi connectivity index (χ0v) is 16.1. The summed E-state index contributed by atoms with van der Waals surface area (Å²) in [5.74, 6) is 0.721. The highest BCUT2D eigenvalue weighted by molar-refractivity contribution is 9.10. The van der Waals surface area contributed by atoms with E-state index in [0.29, 0.717) is 17.4 Å². The molecule has 1 saturated carbocycles. The number of nitrogens with one attached hydrogen (secondary N) is 1. The van der Waals surface area contributed by atoms with Crippen LogP contribution in [0, 0.1) is 0 Å². The minimum atomic E-state index is -0.0330. The quantitative estimate of drug-likeness (QED) is 0.597. The molecule has 0 radical (unpaired) electrons. The van der Waals surface area contributed by atoms with Crippen LogP contribution in [0.2, 0.25) is 0 Å². The molecule has 1 heterocycles.